The molecule has 0 spiro atoms. The Morgan fingerprint density at radius 2 is 2.10 bits per heavy atom. The predicted octanol–water partition coefficient (Wildman–Crippen LogP) is 2.35. The fourth-order valence-electron chi connectivity index (χ4n) is 2.17. The zero-order valence-corrected chi connectivity index (χ0v) is 10.5. The fraction of sp³-hybridized carbons (Fsp3) is 0.167. The number of benzene rings is 1. The Hall–Kier alpha value is -1.93. The number of aliphatic hydroxyl groups is 1. The summed E-state index contributed by atoms with van der Waals surface area (Å²) in [5.74, 6) is -0.931. The molecule has 2 aromatic rings. The minimum absolute atomic E-state index is 0.0353. The fourth-order valence-corrected chi connectivity index (χ4v) is 2.91. The van der Waals surface area contributed by atoms with Crippen LogP contribution in [-0.4, -0.2) is 16.0 Å². The molecule has 0 saturated heterocycles. The topological polar surface area (TPSA) is 62.2 Å². The number of halogens is 3. The van der Waals surface area contributed by atoms with E-state index in [9.17, 15) is 23.1 Å². The van der Waals surface area contributed by atoms with Gasteiger partial charge in [-0.3, -0.25) is 4.79 Å². The van der Waals surface area contributed by atoms with Crippen LogP contribution in [0.25, 0.3) is 0 Å². The van der Waals surface area contributed by atoms with Gasteiger partial charge in [0.15, 0.2) is 0 Å². The number of rotatable bonds is 1. The number of amides is 1. The minimum atomic E-state index is -4.62. The molecule has 1 unspecified atom stereocenters. The lowest BCUT2D eigenvalue weighted by molar-refractivity contribution is -0.136. The lowest BCUT2D eigenvalue weighted by atomic mass is 9.94. The van der Waals surface area contributed by atoms with Gasteiger partial charge in [0.2, 0.25) is 5.60 Å². The van der Waals surface area contributed by atoms with Crippen molar-refractivity contribution in [1.82, 2.24) is 4.98 Å². The van der Waals surface area contributed by atoms with Crippen LogP contribution in [0.4, 0.5) is 18.9 Å². The van der Waals surface area contributed by atoms with Gasteiger partial charge in [0.05, 0.1) is 11.3 Å². The van der Waals surface area contributed by atoms with E-state index in [2.05, 4.69) is 10.3 Å². The maximum atomic E-state index is 12.9. The van der Waals surface area contributed by atoms with Crippen molar-refractivity contribution in [3.63, 3.8) is 0 Å². The molecule has 1 aliphatic heterocycles. The van der Waals surface area contributed by atoms with Crippen LogP contribution in [-0.2, 0) is 16.6 Å². The molecule has 3 rings (SSSR count). The zero-order chi connectivity index (χ0) is 14.5. The Kier molecular flexibility index (Phi) is 2.63. The molecule has 2 N–H and O–H groups in total. The molecule has 1 amide bonds. The lowest BCUT2D eigenvalue weighted by Crippen LogP contribution is -2.35. The Labute approximate surface area is 114 Å². The first-order chi connectivity index (χ1) is 9.35. The number of anilines is 1. The molecule has 0 saturated carbocycles. The van der Waals surface area contributed by atoms with E-state index in [4.69, 9.17) is 0 Å². The Morgan fingerprint density at radius 3 is 2.70 bits per heavy atom. The number of thiazole rings is 1. The van der Waals surface area contributed by atoms with Crippen molar-refractivity contribution in [3.05, 3.63) is 45.9 Å². The average molecular weight is 300 g/mol. The van der Waals surface area contributed by atoms with Crippen LogP contribution in [0.5, 0.6) is 0 Å². The third-order valence-corrected chi connectivity index (χ3v) is 3.95. The van der Waals surface area contributed by atoms with Crippen LogP contribution in [0, 0.1) is 0 Å². The molecule has 104 valence electrons. The summed E-state index contributed by atoms with van der Waals surface area (Å²) in [6.45, 7) is 0. The second kappa shape index (κ2) is 4.03. The van der Waals surface area contributed by atoms with E-state index in [1.807, 2.05) is 0 Å². The summed E-state index contributed by atoms with van der Waals surface area (Å²) in [7, 11) is 0. The standard InChI is InChI=1S/C12H7F3N2O2S/c13-12(14,15)7-3-1-2-6-8(7)17-9(18)11(6,19)10-16-4-5-20-10/h1-5,19H,(H,17,18). The van der Waals surface area contributed by atoms with Gasteiger partial charge >= 0.3 is 6.18 Å². The van der Waals surface area contributed by atoms with Gasteiger partial charge < -0.3 is 10.4 Å². The van der Waals surface area contributed by atoms with Crippen molar-refractivity contribution >= 4 is 22.9 Å². The number of fused-ring (bicyclic) bond motifs is 1. The van der Waals surface area contributed by atoms with Crippen molar-refractivity contribution in [2.24, 2.45) is 0 Å². The molecule has 0 aliphatic carbocycles. The van der Waals surface area contributed by atoms with Crippen LogP contribution in [0.2, 0.25) is 0 Å². The summed E-state index contributed by atoms with van der Waals surface area (Å²) in [6.07, 6.45) is -3.25. The molecule has 0 bridgehead atoms. The van der Waals surface area contributed by atoms with Gasteiger partial charge in [-0.2, -0.15) is 13.2 Å². The zero-order valence-electron chi connectivity index (χ0n) is 9.73. The second-order valence-corrected chi connectivity index (χ2v) is 5.12. The molecule has 4 nitrogen and oxygen atoms in total. The molecule has 2 heterocycles. The first-order valence-corrected chi connectivity index (χ1v) is 6.37. The highest BCUT2D eigenvalue weighted by atomic mass is 32.1. The summed E-state index contributed by atoms with van der Waals surface area (Å²) in [4.78, 5) is 15.8. The monoisotopic (exact) mass is 300 g/mol. The molecule has 1 aromatic heterocycles. The van der Waals surface area contributed by atoms with E-state index in [1.54, 1.807) is 0 Å². The molecular weight excluding hydrogens is 293 g/mol. The number of nitrogens with zero attached hydrogens (tertiary/aromatic N) is 1. The number of carbonyl (C=O) groups excluding carboxylic acids is 1. The van der Waals surface area contributed by atoms with Crippen LogP contribution in [0.3, 0.4) is 0 Å². The van der Waals surface area contributed by atoms with Gasteiger partial charge in [-0.1, -0.05) is 12.1 Å². The predicted molar refractivity (Wildman–Crippen MR) is 65.2 cm³/mol. The molecule has 8 heteroatoms. The summed E-state index contributed by atoms with van der Waals surface area (Å²) in [6, 6.07) is 3.29. The van der Waals surface area contributed by atoms with Crippen molar-refractivity contribution in [1.29, 1.82) is 0 Å². The normalized spacial score (nSPS) is 21.7. The van der Waals surface area contributed by atoms with E-state index in [1.165, 1.54) is 17.6 Å². The second-order valence-electron chi connectivity index (χ2n) is 4.23. The van der Waals surface area contributed by atoms with Crippen LogP contribution < -0.4 is 5.32 Å². The lowest BCUT2D eigenvalue weighted by Gasteiger charge is -2.18. The first-order valence-electron chi connectivity index (χ1n) is 5.49. The van der Waals surface area contributed by atoms with Crippen molar-refractivity contribution < 1.29 is 23.1 Å². The van der Waals surface area contributed by atoms with Crippen molar-refractivity contribution in [3.8, 4) is 0 Å². The van der Waals surface area contributed by atoms with E-state index in [0.29, 0.717) is 0 Å². The minimum Gasteiger partial charge on any atom is -0.370 e. The highest BCUT2D eigenvalue weighted by Gasteiger charge is 2.51. The summed E-state index contributed by atoms with van der Waals surface area (Å²) in [5, 5.41) is 14.2. The molecule has 0 radical (unpaired) electrons. The van der Waals surface area contributed by atoms with Gasteiger partial charge in [0.25, 0.3) is 5.91 Å². The first kappa shape index (κ1) is 13.1. The van der Waals surface area contributed by atoms with Gasteiger partial charge in [-0.15, -0.1) is 11.3 Å². The van der Waals surface area contributed by atoms with Gasteiger partial charge in [0.1, 0.15) is 5.01 Å². The summed E-state index contributed by atoms with van der Waals surface area (Å²) >= 11 is 0.997. The van der Waals surface area contributed by atoms with Crippen LogP contribution in [0.15, 0.2) is 29.8 Å². The Morgan fingerprint density at radius 1 is 1.35 bits per heavy atom. The van der Waals surface area contributed by atoms with Crippen molar-refractivity contribution in [2.75, 3.05) is 5.32 Å². The van der Waals surface area contributed by atoms with Gasteiger partial charge in [-0.25, -0.2) is 4.98 Å². The average Bonchev–Trinajstić information content (AvgIpc) is 2.97. The van der Waals surface area contributed by atoms with Crippen LogP contribution >= 0.6 is 11.3 Å². The highest BCUT2D eigenvalue weighted by molar-refractivity contribution is 7.09. The maximum Gasteiger partial charge on any atom is 0.418 e. The highest BCUT2D eigenvalue weighted by Crippen LogP contribution is 2.46. The number of alkyl halides is 3. The number of hydrogen-bond acceptors (Lipinski definition) is 4. The maximum absolute atomic E-state index is 12.9. The molecule has 20 heavy (non-hydrogen) atoms. The van der Waals surface area contributed by atoms with E-state index in [-0.39, 0.29) is 10.6 Å². The van der Waals surface area contributed by atoms with E-state index < -0.39 is 28.9 Å². The number of nitrogens with one attached hydrogen (secondary N) is 1. The Bertz CT molecular complexity index is 685. The van der Waals surface area contributed by atoms with E-state index in [0.717, 1.165) is 23.5 Å². The molecule has 1 aromatic carbocycles. The Balaban J connectivity index is 2.25. The summed E-state index contributed by atoms with van der Waals surface area (Å²) in [5.41, 5.74) is -3.71. The molecule has 1 atom stereocenters. The largest absolute Gasteiger partial charge is 0.418 e. The number of hydrogen-bond donors (Lipinski definition) is 2. The number of para-hydroxylation sites is 1. The number of carbonyl (C=O) groups is 1. The third-order valence-electron chi connectivity index (χ3n) is 3.07. The van der Waals surface area contributed by atoms with Crippen LogP contribution in [0.1, 0.15) is 16.1 Å². The quantitative estimate of drug-likeness (QED) is 0.850. The molecular formula is C12H7F3N2O2S. The molecule has 0 fully saturated rings. The van der Waals surface area contributed by atoms with Gasteiger partial charge in [-0.05, 0) is 6.07 Å². The smallest absolute Gasteiger partial charge is 0.370 e. The molecule has 1 aliphatic rings. The summed E-state index contributed by atoms with van der Waals surface area (Å²) < 4.78 is 38.8. The number of aromatic nitrogens is 1. The van der Waals surface area contributed by atoms with E-state index >= 15 is 0 Å². The third kappa shape index (κ3) is 1.65. The van der Waals surface area contributed by atoms with Crippen molar-refractivity contribution in [2.45, 2.75) is 11.8 Å². The van der Waals surface area contributed by atoms with Gasteiger partial charge in [0, 0.05) is 17.1 Å². The SMILES string of the molecule is O=C1Nc2c(C(F)(F)F)cccc2C1(O)c1nccs1.